The summed E-state index contributed by atoms with van der Waals surface area (Å²) in [6.07, 6.45) is 1.47. The Balaban J connectivity index is 1.32. The van der Waals surface area contributed by atoms with Crippen molar-refractivity contribution in [3.63, 3.8) is 0 Å². The molecule has 3 aromatic heterocycles. The molecule has 0 saturated carbocycles. The number of amides is 1. The Morgan fingerprint density at radius 1 is 1.16 bits per heavy atom. The Kier molecular flexibility index (Phi) is 5.37. The number of para-hydroxylation sites is 2. The second-order valence-corrected chi connectivity index (χ2v) is 8.40. The van der Waals surface area contributed by atoms with Gasteiger partial charge in [0.2, 0.25) is 5.91 Å². The number of benzene rings is 1. The van der Waals surface area contributed by atoms with Gasteiger partial charge in [0.05, 0.1) is 11.0 Å². The summed E-state index contributed by atoms with van der Waals surface area (Å²) in [4.78, 5) is 29.7. The van der Waals surface area contributed by atoms with E-state index in [1.807, 2.05) is 19.1 Å². The maximum Gasteiger partial charge on any atom is 0.291 e. The quantitative estimate of drug-likeness (QED) is 0.425. The van der Waals surface area contributed by atoms with Gasteiger partial charge in [-0.05, 0) is 30.8 Å². The minimum Gasteiger partial charge on any atom is -0.353 e. The van der Waals surface area contributed by atoms with Crippen LogP contribution in [0.1, 0.15) is 5.69 Å². The van der Waals surface area contributed by atoms with Crippen LogP contribution in [0.3, 0.4) is 0 Å². The summed E-state index contributed by atoms with van der Waals surface area (Å²) in [7, 11) is 0. The van der Waals surface area contributed by atoms with E-state index in [1.54, 1.807) is 32.2 Å². The summed E-state index contributed by atoms with van der Waals surface area (Å²) in [6, 6.07) is 9.10. The summed E-state index contributed by atoms with van der Waals surface area (Å²) in [5.41, 5.74) is 2.11. The van der Waals surface area contributed by atoms with Crippen LogP contribution in [0.2, 0.25) is 0 Å². The van der Waals surface area contributed by atoms with E-state index in [1.165, 1.54) is 6.33 Å². The molecular formula is C20H20F2N8OS. The zero-order chi connectivity index (χ0) is 22.2. The Bertz CT molecular complexity index is 1280. The van der Waals surface area contributed by atoms with E-state index in [-0.39, 0.29) is 17.6 Å². The third kappa shape index (κ3) is 3.85. The normalized spacial score (nSPS) is 14.8. The first-order chi connectivity index (χ1) is 15.5. The van der Waals surface area contributed by atoms with E-state index in [2.05, 4.69) is 25.0 Å². The average molecular weight is 458 g/mol. The highest BCUT2D eigenvalue weighted by atomic mass is 32.2. The molecule has 4 aromatic rings. The molecule has 1 aromatic carbocycles. The van der Waals surface area contributed by atoms with Crippen LogP contribution in [0.5, 0.6) is 0 Å². The summed E-state index contributed by atoms with van der Waals surface area (Å²) in [6.45, 7) is 4.14. The number of nitrogens with zero attached hydrogens (tertiary/aromatic N) is 8. The van der Waals surface area contributed by atoms with Gasteiger partial charge in [0.15, 0.2) is 5.16 Å². The van der Waals surface area contributed by atoms with Gasteiger partial charge in [0, 0.05) is 37.9 Å². The minimum atomic E-state index is -2.61. The molecule has 9 nitrogen and oxygen atoms in total. The second kappa shape index (κ2) is 8.34. The van der Waals surface area contributed by atoms with E-state index in [0.717, 1.165) is 11.5 Å². The number of hydrogen-bond acceptors (Lipinski definition) is 7. The van der Waals surface area contributed by atoms with E-state index < -0.39 is 5.76 Å². The van der Waals surface area contributed by atoms with E-state index in [4.69, 9.17) is 0 Å². The molecule has 0 N–H and O–H groups in total. The summed E-state index contributed by atoms with van der Waals surface area (Å²) < 4.78 is 29.3. The molecule has 0 unspecified atom stereocenters. The smallest absolute Gasteiger partial charge is 0.291 e. The Morgan fingerprint density at radius 3 is 2.72 bits per heavy atom. The molecule has 0 atom stereocenters. The van der Waals surface area contributed by atoms with Crippen LogP contribution in [0.15, 0.2) is 41.8 Å². The molecule has 1 saturated heterocycles. The molecular weight excluding hydrogens is 438 g/mol. The summed E-state index contributed by atoms with van der Waals surface area (Å²) in [5, 5.41) is 4.40. The van der Waals surface area contributed by atoms with Crippen molar-refractivity contribution in [2.75, 3.05) is 31.1 Å². The van der Waals surface area contributed by atoms with Crippen molar-refractivity contribution in [1.82, 2.24) is 34.0 Å². The standard InChI is InChI=1S/C20H20F2N8OS/c1-13-10-16(30-19(25-13)23-12-24-30)27-6-8-28(9-7-27)17(31)11-29-15-5-3-2-4-14(15)26-20(29)32-18(21)22/h2-5,10,12,18H,6-9,11H2,1H3. The van der Waals surface area contributed by atoms with Crippen molar-refractivity contribution in [3.05, 3.63) is 42.4 Å². The maximum absolute atomic E-state index is 13.0. The van der Waals surface area contributed by atoms with Gasteiger partial charge in [-0.25, -0.2) is 9.97 Å². The van der Waals surface area contributed by atoms with Gasteiger partial charge in [-0.3, -0.25) is 4.79 Å². The molecule has 1 aliphatic heterocycles. The molecule has 4 heterocycles. The highest BCUT2D eigenvalue weighted by Crippen LogP contribution is 2.28. The largest absolute Gasteiger partial charge is 0.353 e. The number of halogens is 2. The van der Waals surface area contributed by atoms with Gasteiger partial charge in [-0.2, -0.15) is 23.4 Å². The molecule has 1 aliphatic rings. The van der Waals surface area contributed by atoms with Crippen LogP contribution < -0.4 is 4.90 Å². The molecule has 1 amide bonds. The lowest BCUT2D eigenvalue weighted by Crippen LogP contribution is -2.50. The Hall–Kier alpha value is -3.28. The lowest BCUT2D eigenvalue weighted by atomic mass is 10.3. The van der Waals surface area contributed by atoms with Crippen LogP contribution in [-0.2, 0) is 11.3 Å². The predicted octanol–water partition coefficient (Wildman–Crippen LogP) is 2.45. The molecule has 32 heavy (non-hydrogen) atoms. The minimum absolute atomic E-state index is 0.0305. The van der Waals surface area contributed by atoms with Gasteiger partial charge in [-0.15, -0.1) is 0 Å². The monoisotopic (exact) mass is 458 g/mol. The highest BCUT2D eigenvalue weighted by molar-refractivity contribution is 7.99. The molecule has 1 fully saturated rings. The van der Waals surface area contributed by atoms with Crippen LogP contribution >= 0.6 is 11.8 Å². The van der Waals surface area contributed by atoms with Crippen LogP contribution in [0.25, 0.3) is 16.8 Å². The number of imidazole rings is 1. The molecule has 0 bridgehead atoms. The highest BCUT2D eigenvalue weighted by Gasteiger charge is 2.25. The summed E-state index contributed by atoms with van der Waals surface area (Å²) >= 11 is 0.358. The zero-order valence-electron chi connectivity index (χ0n) is 17.2. The number of carbonyl (C=O) groups excluding carboxylic acids is 1. The van der Waals surface area contributed by atoms with Crippen molar-refractivity contribution in [3.8, 4) is 0 Å². The molecule has 12 heteroatoms. The van der Waals surface area contributed by atoms with Crippen molar-refractivity contribution in [2.45, 2.75) is 24.4 Å². The number of aryl methyl sites for hydroxylation is 1. The fourth-order valence-electron chi connectivity index (χ4n) is 3.93. The zero-order valence-corrected chi connectivity index (χ0v) is 18.0. The number of anilines is 1. The predicted molar refractivity (Wildman–Crippen MR) is 116 cm³/mol. The number of hydrogen-bond donors (Lipinski definition) is 0. The first-order valence-corrected chi connectivity index (χ1v) is 11.0. The molecule has 0 radical (unpaired) electrons. The van der Waals surface area contributed by atoms with Crippen molar-refractivity contribution in [2.24, 2.45) is 0 Å². The molecule has 166 valence electrons. The van der Waals surface area contributed by atoms with Gasteiger partial charge in [-0.1, -0.05) is 12.1 Å². The third-order valence-corrected chi connectivity index (χ3v) is 6.13. The number of alkyl halides is 2. The second-order valence-electron chi connectivity index (χ2n) is 7.44. The SMILES string of the molecule is Cc1cc(N2CCN(C(=O)Cn3c(SC(F)F)nc4ccccc43)CC2)n2ncnc2n1. The van der Waals surface area contributed by atoms with Gasteiger partial charge in [0.25, 0.3) is 11.5 Å². The fraction of sp³-hybridized carbons (Fsp3) is 0.350. The van der Waals surface area contributed by atoms with Crippen molar-refractivity contribution >= 4 is 40.3 Å². The number of aromatic nitrogens is 6. The van der Waals surface area contributed by atoms with Gasteiger partial charge >= 0.3 is 0 Å². The van der Waals surface area contributed by atoms with Crippen LogP contribution in [0.4, 0.5) is 14.6 Å². The van der Waals surface area contributed by atoms with E-state index in [0.29, 0.717) is 54.8 Å². The lowest BCUT2D eigenvalue weighted by Gasteiger charge is -2.36. The molecule has 5 rings (SSSR count). The third-order valence-electron chi connectivity index (χ3n) is 5.42. The van der Waals surface area contributed by atoms with Gasteiger partial charge < -0.3 is 14.4 Å². The number of carbonyl (C=O) groups is 1. The lowest BCUT2D eigenvalue weighted by molar-refractivity contribution is -0.132. The number of rotatable bonds is 5. The number of thioether (sulfide) groups is 1. The van der Waals surface area contributed by atoms with Crippen molar-refractivity contribution < 1.29 is 13.6 Å². The molecule has 0 aliphatic carbocycles. The first kappa shape index (κ1) is 20.6. The first-order valence-electron chi connectivity index (χ1n) is 10.1. The summed E-state index contributed by atoms with van der Waals surface area (Å²) in [5.74, 6) is -1.31. The van der Waals surface area contributed by atoms with Gasteiger partial charge in [0.1, 0.15) is 18.7 Å². The maximum atomic E-state index is 13.0. The van der Waals surface area contributed by atoms with E-state index >= 15 is 0 Å². The van der Waals surface area contributed by atoms with E-state index in [9.17, 15) is 13.6 Å². The topological polar surface area (TPSA) is 84.5 Å². The molecule has 0 spiro atoms. The van der Waals surface area contributed by atoms with Crippen LogP contribution in [-0.4, -0.2) is 71.9 Å². The Morgan fingerprint density at radius 2 is 1.94 bits per heavy atom. The Labute approximate surface area is 186 Å². The number of fused-ring (bicyclic) bond motifs is 2. The average Bonchev–Trinajstić information content (AvgIpc) is 3.37. The fourth-order valence-corrected chi connectivity index (χ4v) is 4.53. The van der Waals surface area contributed by atoms with Crippen LogP contribution in [0, 0.1) is 6.92 Å². The number of piperazine rings is 1. The van der Waals surface area contributed by atoms with Crippen molar-refractivity contribution in [1.29, 1.82) is 0 Å².